The predicted octanol–water partition coefficient (Wildman–Crippen LogP) is 2.38. The number of pyridine rings is 1. The first-order chi connectivity index (χ1) is 6.33. The van der Waals surface area contributed by atoms with Gasteiger partial charge in [-0.15, -0.1) is 0 Å². The van der Waals surface area contributed by atoms with Crippen LogP contribution < -0.4 is 4.74 Å². The molecule has 0 unspecified atom stereocenters. The Morgan fingerprint density at radius 3 is 2.85 bits per heavy atom. The molecule has 0 radical (unpaired) electrons. The van der Waals surface area contributed by atoms with E-state index in [1.807, 2.05) is 0 Å². The molecule has 1 heterocycles. The summed E-state index contributed by atoms with van der Waals surface area (Å²) in [5, 5.41) is 1.24. The largest absolute Gasteiger partial charge is 0.496 e. The molecule has 0 aliphatic rings. The average molecular weight is 177 g/mol. The first-order valence-electron chi connectivity index (χ1n) is 3.90. The van der Waals surface area contributed by atoms with Crippen LogP contribution in [0.1, 0.15) is 0 Å². The molecule has 0 aliphatic heterocycles. The van der Waals surface area contributed by atoms with E-state index in [0.717, 1.165) is 5.39 Å². The van der Waals surface area contributed by atoms with E-state index >= 15 is 0 Å². The molecule has 2 aromatic rings. The fourth-order valence-electron chi connectivity index (χ4n) is 1.32. The molecule has 0 N–H and O–H groups in total. The van der Waals surface area contributed by atoms with Gasteiger partial charge in [-0.2, -0.15) is 4.39 Å². The van der Waals surface area contributed by atoms with Gasteiger partial charge >= 0.3 is 0 Å². The standard InChI is InChI=1S/C10H8FNO/c1-13-9-4-2-3-8-7(9)5-6-12-10(8)11/h2-6H,1H3. The summed E-state index contributed by atoms with van der Waals surface area (Å²) in [6.07, 6.45) is 1.43. The van der Waals surface area contributed by atoms with Gasteiger partial charge in [-0.25, -0.2) is 4.98 Å². The van der Waals surface area contributed by atoms with Crippen molar-refractivity contribution in [2.75, 3.05) is 7.11 Å². The minimum Gasteiger partial charge on any atom is -0.496 e. The van der Waals surface area contributed by atoms with Crippen molar-refractivity contribution < 1.29 is 9.13 Å². The summed E-state index contributed by atoms with van der Waals surface area (Å²) in [7, 11) is 1.56. The maximum Gasteiger partial charge on any atom is 0.220 e. The molecule has 2 nitrogen and oxygen atoms in total. The Kier molecular flexibility index (Phi) is 1.85. The smallest absolute Gasteiger partial charge is 0.220 e. The van der Waals surface area contributed by atoms with E-state index in [1.54, 1.807) is 31.4 Å². The van der Waals surface area contributed by atoms with Gasteiger partial charge < -0.3 is 4.74 Å². The molecular formula is C10H8FNO. The Bertz CT molecular complexity index is 442. The molecule has 0 spiro atoms. The fourth-order valence-corrected chi connectivity index (χ4v) is 1.32. The van der Waals surface area contributed by atoms with Crippen molar-refractivity contribution in [2.45, 2.75) is 0 Å². The van der Waals surface area contributed by atoms with Crippen LogP contribution in [-0.2, 0) is 0 Å². The van der Waals surface area contributed by atoms with Gasteiger partial charge in [-0.05, 0) is 18.2 Å². The lowest BCUT2D eigenvalue weighted by molar-refractivity contribution is 0.419. The van der Waals surface area contributed by atoms with Crippen LogP contribution in [0.25, 0.3) is 10.8 Å². The van der Waals surface area contributed by atoms with E-state index in [9.17, 15) is 4.39 Å². The van der Waals surface area contributed by atoms with E-state index in [4.69, 9.17) is 4.74 Å². The van der Waals surface area contributed by atoms with E-state index in [0.29, 0.717) is 11.1 Å². The van der Waals surface area contributed by atoms with Gasteiger partial charge in [0.1, 0.15) is 5.75 Å². The normalized spacial score (nSPS) is 10.3. The minimum atomic E-state index is -0.462. The Morgan fingerprint density at radius 1 is 1.23 bits per heavy atom. The molecule has 0 atom stereocenters. The lowest BCUT2D eigenvalue weighted by Gasteiger charge is -2.04. The second-order valence-corrected chi connectivity index (χ2v) is 2.66. The SMILES string of the molecule is COc1cccc2c(F)nccc12. The van der Waals surface area contributed by atoms with Gasteiger partial charge in [-0.3, -0.25) is 0 Å². The number of nitrogens with zero attached hydrogens (tertiary/aromatic N) is 1. The zero-order chi connectivity index (χ0) is 9.26. The number of hydrogen-bond donors (Lipinski definition) is 0. The summed E-state index contributed by atoms with van der Waals surface area (Å²) < 4.78 is 18.2. The first kappa shape index (κ1) is 7.98. The van der Waals surface area contributed by atoms with Crippen molar-refractivity contribution in [2.24, 2.45) is 0 Å². The minimum absolute atomic E-state index is 0.462. The summed E-state index contributed by atoms with van der Waals surface area (Å²) in [5.74, 6) is 0.204. The van der Waals surface area contributed by atoms with Gasteiger partial charge in [0.15, 0.2) is 0 Å². The molecule has 0 saturated heterocycles. The summed E-state index contributed by atoms with van der Waals surface area (Å²) >= 11 is 0. The number of methoxy groups -OCH3 is 1. The van der Waals surface area contributed by atoms with Crippen molar-refractivity contribution in [1.82, 2.24) is 4.98 Å². The first-order valence-corrected chi connectivity index (χ1v) is 3.90. The second kappa shape index (κ2) is 3.01. The highest BCUT2D eigenvalue weighted by Crippen LogP contribution is 2.25. The lowest BCUT2D eigenvalue weighted by Crippen LogP contribution is -1.88. The van der Waals surface area contributed by atoms with Crippen LogP contribution in [0.2, 0.25) is 0 Å². The van der Waals surface area contributed by atoms with Crippen molar-refractivity contribution in [3.05, 3.63) is 36.4 Å². The molecule has 0 bridgehead atoms. The predicted molar refractivity (Wildman–Crippen MR) is 48.3 cm³/mol. The Labute approximate surface area is 75.0 Å². The summed E-state index contributed by atoms with van der Waals surface area (Å²) in [4.78, 5) is 3.56. The molecule has 66 valence electrons. The highest BCUT2D eigenvalue weighted by molar-refractivity contribution is 5.87. The molecule has 2 rings (SSSR count). The van der Waals surface area contributed by atoms with Gasteiger partial charge in [0.25, 0.3) is 0 Å². The van der Waals surface area contributed by atoms with E-state index in [1.165, 1.54) is 6.20 Å². The molecular weight excluding hydrogens is 169 g/mol. The molecule has 0 aliphatic carbocycles. The van der Waals surface area contributed by atoms with Gasteiger partial charge in [0, 0.05) is 17.0 Å². The topological polar surface area (TPSA) is 22.1 Å². The van der Waals surface area contributed by atoms with Crippen LogP contribution in [0, 0.1) is 5.95 Å². The number of fused-ring (bicyclic) bond motifs is 1. The summed E-state index contributed by atoms with van der Waals surface area (Å²) in [5.41, 5.74) is 0. The summed E-state index contributed by atoms with van der Waals surface area (Å²) in [6, 6.07) is 6.95. The maximum absolute atomic E-state index is 13.1. The Morgan fingerprint density at radius 2 is 2.08 bits per heavy atom. The molecule has 13 heavy (non-hydrogen) atoms. The lowest BCUT2D eigenvalue weighted by atomic mass is 10.1. The van der Waals surface area contributed by atoms with Crippen molar-refractivity contribution in [3.63, 3.8) is 0 Å². The van der Waals surface area contributed by atoms with Gasteiger partial charge in [0.2, 0.25) is 5.95 Å². The fraction of sp³-hybridized carbons (Fsp3) is 0.100. The van der Waals surface area contributed by atoms with Crippen LogP contribution >= 0.6 is 0 Å². The molecule has 0 fully saturated rings. The number of halogens is 1. The quantitative estimate of drug-likeness (QED) is 0.624. The number of ether oxygens (including phenoxy) is 1. The monoisotopic (exact) mass is 177 g/mol. The molecule has 1 aromatic heterocycles. The number of benzene rings is 1. The van der Waals surface area contributed by atoms with E-state index in [2.05, 4.69) is 4.98 Å². The highest BCUT2D eigenvalue weighted by Gasteiger charge is 2.04. The third-order valence-electron chi connectivity index (χ3n) is 1.94. The number of hydrogen-bond acceptors (Lipinski definition) is 2. The van der Waals surface area contributed by atoms with Crippen molar-refractivity contribution in [3.8, 4) is 5.75 Å². The summed E-state index contributed by atoms with van der Waals surface area (Å²) in [6.45, 7) is 0. The second-order valence-electron chi connectivity index (χ2n) is 2.66. The van der Waals surface area contributed by atoms with Crippen LogP contribution in [0.3, 0.4) is 0 Å². The van der Waals surface area contributed by atoms with E-state index < -0.39 is 5.95 Å². The molecule has 0 amide bonds. The highest BCUT2D eigenvalue weighted by atomic mass is 19.1. The molecule has 3 heteroatoms. The Balaban J connectivity index is 2.84. The van der Waals surface area contributed by atoms with Crippen LogP contribution in [0.5, 0.6) is 5.75 Å². The average Bonchev–Trinajstić information content (AvgIpc) is 2.18. The third kappa shape index (κ3) is 1.22. The van der Waals surface area contributed by atoms with Crippen LogP contribution in [-0.4, -0.2) is 12.1 Å². The van der Waals surface area contributed by atoms with Crippen LogP contribution in [0.15, 0.2) is 30.5 Å². The zero-order valence-corrected chi connectivity index (χ0v) is 7.12. The number of aromatic nitrogens is 1. The third-order valence-corrected chi connectivity index (χ3v) is 1.94. The van der Waals surface area contributed by atoms with E-state index in [-0.39, 0.29) is 0 Å². The van der Waals surface area contributed by atoms with Gasteiger partial charge in [-0.1, -0.05) is 6.07 Å². The molecule has 1 aromatic carbocycles. The van der Waals surface area contributed by atoms with Crippen molar-refractivity contribution in [1.29, 1.82) is 0 Å². The zero-order valence-electron chi connectivity index (χ0n) is 7.12. The Hall–Kier alpha value is -1.64. The van der Waals surface area contributed by atoms with Gasteiger partial charge in [0.05, 0.1) is 7.11 Å². The molecule has 0 saturated carbocycles. The number of rotatable bonds is 1. The van der Waals surface area contributed by atoms with Crippen LogP contribution in [0.4, 0.5) is 4.39 Å². The maximum atomic E-state index is 13.1. The van der Waals surface area contributed by atoms with Crippen molar-refractivity contribution >= 4 is 10.8 Å².